The van der Waals surface area contributed by atoms with Gasteiger partial charge < -0.3 is 10.6 Å². The van der Waals surface area contributed by atoms with Gasteiger partial charge in [-0.15, -0.1) is 0 Å². The van der Waals surface area contributed by atoms with Crippen molar-refractivity contribution in [1.82, 2.24) is 10.2 Å². The van der Waals surface area contributed by atoms with Crippen molar-refractivity contribution in [2.75, 3.05) is 18.0 Å². The van der Waals surface area contributed by atoms with Crippen molar-refractivity contribution >= 4 is 5.69 Å². The maximum absolute atomic E-state index is 5.63. The Morgan fingerprint density at radius 3 is 2.86 bits per heavy atom. The smallest absolute Gasteiger partial charge is 0.0752 e. The van der Waals surface area contributed by atoms with Crippen molar-refractivity contribution in [2.45, 2.75) is 31.7 Å². The molecule has 1 aromatic heterocycles. The standard InChI is InChI=1S/C10H18N4/c11-5-6-14(9-3-1-2-4-9)10-7-12-13-8-10/h7-9H,1-6,11H2,(H,12,13). The summed E-state index contributed by atoms with van der Waals surface area (Å²) in [7, 11) is 0. The highest BCUT2D eigenvalue weighted by Gasteiger charge is 2.22. The molecule has 1 aliphatic rings. The summed E-state index contributed by atoms with van der Waals surface area (Å²) < 4.78 is 0. The molecule has 3 N–H and O–H groups in total. The van der Waals surface area contributed by atoms with E-state index in [-0.39, 0.29) is 0 Å². The Morgan fingerprint density at radius 1 is 1.50 bits per heavy atom. The van der Waals surface area contributed by atoms with E-state index in [1.807, 2.05) is 12.4 Å². The molecule has 0 aromatic carbocycles. The van der Waals surface area contributed by atoms with Crippen LogP contribution < -0.4 is 10.6 Å². The number of rotatable bonds is 4. The van der Waals surface area contributed by atoms with Gasteiger partial charge in [-0.3, -0.25) is 5.10 Å². The Kier molecular flexibility index (Phi) is 3.03. The van der Waals surface area contributed by atoms with Crippen molar-refractivity contribution < 1.29 is 0 Å². The predicted molar refractivity (Wildman–Crippen MR) is 57.2 cm³/mol. The first-order chi connectivity index (χ1) is 6.92. The molecule has 0 amide bonds. The van der Waals surface area contributed by atoms with Crippen molar-refractivity contribution in [3.05, 3.63) is 12.4 Å². The zero-order valence-corrected chi connectivity index (χ0v) is 8.45. The normalized spacial score (nSPS) is 17.5. The Hall–Kier alpha value is -1.03. The largest absolute Gasteiger partial charge is 0.365 e. The zero-order valence-electron chi connectivity index (χ0n) is 8.45. The van der Waals surface area contributed by atoms with Crippen LogP contribution in [0.5, 0.6) is 0 Å². The highest BCUT2D eigenvalue weighted by molar-refractivity contribution is 5.43. The van der Waals surface area contributed by atoms with Crippen LogP contribution >= 0.6 is 0 Å². The summed E-state index contributed by atoms with van der Waals surface area (Å²) in [5, 5.41) is 6.85. The van der Waals surface area contributed by atoms with Crippen LogP contribution in [0.3, 0.4) is 0 Å². The quantitative estimate of drug-likeness (QED) is 0.755. The lowest BCUT2D eigenvalue weighted by Crippen LogP contribution is -2.37. The summed E-state index contributed by atoms with van der Waals surface area (Å²) >= 11 is 0. The van der Waals surface area contributed by atoms with Crippen molar-refractivity contribution in [3.63, 3.8) is 0 Å². The van der Waals surface area contributed by atoms with Crippen LogP contribution in [-0.4, -0.2) is 29.3 Å². The highest BCUT2D eigenvalue weighted by atomic mass is 15.2. The number of hydrogen-bond acceptors (Lipinski definition) is 3. The molecule has 4 nitrogen and oxygen atoms in total. The maximum atomic E-state index is 5.63. The zero-order chi connectivity index (χ0) is 9.80. The van der Waals surface area contributed by atoms with E-state index in [0.717, 1.165) is 6.54 Å². The molecular formula is C10H18N4. The predicted octanol–water partition coefficient (Wildman–Crippen LogP) is 1.12. The average molecular weight is 194 g/mol. The number of aromatic nitrogens is 2. The SMILES string of the molecule is NCCN(c1cn[nH]c1)C1CCCC1. The molecule has 14 heavy (non-hydrogen) atoms. The van der Waals surface area contributed by atoms with E-state index in [2.05, 4.69) is 15.1 Å². The number of nitrogens with two attached hydrogens (primary N) is 1. The Morgan fingerprint density at radius 2 is 2.29 bits per heavy atom. The Labute approximate surface area is 84.5 Å². The number of hydrogen-bond donors (Lipinski definition) is 2. The van der Waals surface area contributed by atoms with E-state index in [1.165, 1.54) is 31.4 Å². The molecule has 2 rings (SSSR count). The van der Waals surface area contributed by atoms with Crippen LogP contribution in [0.15, 0.2) is 12.4 Å². The molecule has 0 atom stereocenters. The minimum absolute atomic E-state index is 0.677. The summed E-state index contributed by atoms with van der Waals surface area (Å²) in [4.78, 5) is 2.39. The number of H-pyrrole nitrogens is 1. The van der Waals surface area contributed by atoms with Gasteiger partial charge in [-0.05, 0) is 12.8 Å². The third-order valence-corrected chi connectivity index (χ3v) is 2.95. The summed E-state index contributed by atoms with van der Waals surface area (Å²) in [6.45, 7) is 1.64. The van der Waals surface area contributed by atoms with Crippen LogP contribution in [0.1, 0.15) is 25.7 Å². The minimum Gasteiger partial charge on any atom is -0.365 e. The van der Waals surface area contributed by atoms with E-state index in [9.17, 15) is 0 Å². The molecule has 1 fully saturated rings. The lowest BCUT2D eigenvalue weighted by Gasteiger charge is -2.29. The first kappa shape index (κ1) is 9.52. The van der Waals surface area contributed by atoms with Gasteiger partial charge in [0.15, 0.2) is 0 Å². The fourth-order valence-corrected chi connectivity index (χ4v) is 2.28. The number of anilines is 1. The maximum Gasteiger partial charge on any atom is 0.0752 e. The van der Waals surface area contributed by atoms with E-state index in [0.29, 0.717) is 12.6 Å². The first-order valence-corrected chi connectivity index (χ1v) is 5.37. The molecule has 1 saturated carbocycles. The van der Waals surface area contributed by atoms with Gasteiger partial charge in [-0.25, -0.2) is 0 Å². The molecule has 1 aliphatic carbocycles. The summed E-state index contributed by atoms with van der Waals surface area (Å²) in [5.41, 5.74) is 6.81. The van der Waals surface area contributed by atoms with Crippen molar-refractivity contribution in [1.29, 1.82) is 0 Å². The lowest BCUT2D eigenvalue weighted by atomic mass is 10.2. The van der Waals surface area contributed by atoms with E-state index in [1.54, 1.807) is 0 Å². The van der Waals surface area contributed by atoms with Crippen molar-refractivity contribution in [3.8, 4) is 0 Å². The molecule has 0 spiro atoms. The molecule has 0 saturated heterocycles. The summed E-state index contributed by atoms with van der Waals surface area (Å²) in [5.74, 6) is 0. The molecule has 1 aromatic rings. The van der Waals surface area contributed by atoms with Gasteiger partial charge in [0.2, 0.25) is 0 Å². The van der Waals surface area contributed by atoms with Crippen LogP contribution in [0.25, 0.3) is 0 Å². The van der Waals surface area contributed by atoms with Gasteiger partial charge in [-0.2, -0.15) is 5.10 Å². The second-order valence-electron chi connectivity index (χ2n) is 3.88. The third kappa shape index (κ3) is 1.90. The second-order valence-corrected chi connectivity index (χ2v) is 3.88. The topological polar surface area (TPSA) is 57.9 Å². The van der Waals surface area contributed by atoms with Crippen molar-refractivity contribution in [2.24, 2.45) is 5.73 Å². The Balaban J connectivity index is 2.06. The first-order valence-electron chi connectivity index (χ1n) is 5.37. The number of nitrogens with one attached hydrogen (secondary N) is 1. The van der Waals surface area contributed by atoms with Crippen LogP contribution in [0.4, 0.5) is 5.69 Å². The minimum atomic E-state index is 0.677. The fourth-order valence-electron chi connectivity index (χ4n) is 2.28. The lowest BCUT2D eigenvalue weighted by molar-refractivity contribution is 0.609. The molecule has 0 unspecified atom stereocenters. The molecular weight excluding hydrogens is 176 g/mol. The number of nitrogens with zero attached hydrogens (tertiary/aromatic N) is 2. The van der Waals surface area contributed by atoms with Crippen LogP contribution in [0, 0.1) is 0 Å². The van der Waals surface area contributed by atoms with Gasteiger partial charge in [0, 0.05) is 25.3 Å². The van der Waals surface area contributed by atoms with Gasteiger partial charge in [0.05, 0.1) is 11.9 Å². The average Bonchev–Trinajstić information content (AvgIpc) is 2.87. The van der Waals surface area contributed by atoms with Crippen LogP contribution in [0.2, 0.25) is 0 Å². The Bertz CT molecular complexity index is 251. The monoisotopic (exact) mass is 194 g/mol. The third-order valence-electron chi connectivity index (χ3n) is 2.95. The molecule has 0 aliphatic heterocycles. The van der Waals surface area contributed by atoms with Gasteiger partial charge in [0.25, 0.3) is 0 Å². The van der Waals surface area contributed by atoms with Gasteiger partial charge >= 0.3 is 0 Å². The molecule has 0 bridgehead atoms. The van der Waals surface area contributed by atoms with E-state index < -0.39 is 0 Å². The summed E-state index contributed by atoms with van der Waals surface area (Å²) in [6.07, 6.45) is 9.13. The van der Waals surface area contributed by atoms with Gasteiger partial charge in [-0.1, -0.05) is 12.8 Å². The molecule has 0 radical (unpaired) electrons. The van der Waals surface area contributed by atoms with E-state index >= 15 is 0 Å². The molecule has 1 heterocycles. The summed E-state index contributed by atoms with van der Waals surface area (Å²) in [6, 6.07) is 0.677. The van der Waals surface area contributed by atoms with E-state index in [4.69, 9.17) is 5.73 Å². The van der Waals surface area contributed by atoms with Gasteiger partial charge in [0.1, 0.15) is 0 Å². The fraction of sp³-hybridized carbons (Fsp3) is 0.700. The highest BCUT2D eigenvalue weighted by Crippen LogP contribution is 2.26. The van der Waals surface area contributed by atoms with Crippen LogP contribution in [-0.2, 0) is 0 Å². The second kappa shape index (κ2) is 4.46. The number of aromatic amines is 1. The molecule has 78 valence electrons. The molecule has 4 heteroatoms.